The van der Waals surface area contributed by atoms with Crippen LogP contribution in [0, 0.1) is 11.3 Å². The summed E-state index contributed by atoms with van der Waals surface area (Å²) in [5.74, 6) is 0.364. The number of hydrogen-bond acceptors (Lipinski definition) is 3. The van der Waals surface area contributed by atoms with Crippen molar-refractivity contribution >= 4 is 5.91 Å². The molecule has 0 aromatic carbocycles. The molecule has 1 fully saturated rings. The van der Waals surface area contributed by atoms with Gasteiger partial charge in [-0.2, -0.15) is 0 Å². The molecule has 106 valence electrons. The lowest BCUT2D eigenvalue weighted by molar-refractivity contribution is -0.130. The van der Waals surface area contributed by atoms with E-state index in [0.29, 0.717) is 13.0 Å². The fourth-order valence-electron chi connectivity index (χ4n) is 2.62. The Morgan fingerprint density at radius 2 is 2.11 bits per heavy atom. The van der Waals surface area contributed by atoms with Crippen molar-refractivity contribution in [3.63, 3.8) is 0 Å². The normalized spacial score (nSPS) is 24.1. The molecule has 0 aromatic rings. The SMILES string of the molecule is CC(O)C1CCN(C(=O)CC(N)CC(C)(C)C)C1. The molecule has 1 aliphatic heterocycles. The second-order valence-electron chi connectivity index (χ2n) is 6.86. The van der Waals surface area contributed by atoms with E-state index in [1.165, 1.54) is 0 Å². The molecule has 1 rings (SSSR count). The Labute approximate surface area is 111 Å². The maximum absolute atomic E-state index is 12.1. The van der Waals surface area contributed by atoms with Crippen LogP contribution >= 0.6 is 0 Å². The van der Waals surface area contributed by atoms with Gasteiger partial charge in [-0.3, -0.25) is 4.79 Å². The van der Waals surface area contributed by atoms with Crippen LogP contribution in [0.25, 0.3) is 0 Å². The lowest BCUT2D eigenvalue weighted by Crippen LogP contribution is -2.36. The minimum atomic E-state index is -0.328. The molecular weight excluding hydrogens is 228 g/mol. The third kappa shape index (κ3) is 4.94. The number of aliphatic hydroxyl groups is 1. The molecular formula is C14H28N2O2. The van der Waals surface area contributed by atoms with E-state index in [1.807, 2.05) is 4.90 Å². The molecule has 0 aromatic heterocycles. The zero-order chi connectivity index (χ0) is 13.9. The average Bonchev–Trinajstić information content (AvgIpc) is 2.62. The number of carbonyl (C=O) groups excluding carboxylic acids is 1. The third-order valence-electron chi connectivity index (χ3n) is 3.57. The molecule has 1 amide bonds. The molecule has 0 bridgehead atoms. The summed E-state index contributed by atoms with van der Waals surface area (Å²) in [7, 11) is 0. The number of aliphatic hydroxyl groups excluding tert-OH is 1. The zero-order valence-electron chi connectivity index (χ0n) is 12.1. The quantitative estimate of drug-likeness (QED) is 0.798. The van der Waals surface area contributed by atoms with E-state index in [1.54, 1.807) is 6.92 Å². The van der Waals surface area contributed by atoms with Crippen molar-refractivity contribution in [3.05, 3.63) is 0 Å². The Morgan fingerprint density at radius 3 is 2.56 bits per heavy atom. The molecule has 18 heavy (non-hydrogen) atoms. The van der Waals surface area contributed by atoms with E-state index in [-0.39, 0.29) is 29.4 Å². The van der Waals surface area contributed by atoms with Gasteiger partial charge in [0.25, 0.3) is 0 Å². The van der Waals surface area contributed by atoms with Crippen LogP contribution in [-0.4, -0.2) is 41.1 Å². The van der Waals surface area contributed by atoms with Crippen molar-refractivity contribution in [1.82, 2.24) is 4.90 Å². The largest absolute Gasteiger partial charge is 0.393 e. The van der Waals surface area contributed by atoms with Gasteiger partial charge in [-0.15, -0.1) is 0 Å². The first kappa shape index (κ1) is 15.4. The highest BCUT2D eigenvalue weighted by Crippen LogP contribution is 2.23. The summed E-state index contributed by atoms with van der Waals surface area (Å²) in [6.07, 6.45) is 1.85. The minimum absolute atomic E-state index is 0.0666. The van der Waals surface area contributed by atoms with Gasteiger partial charge in [-0.05, 0) is 25.2 Å². The molecule has 1 saturated heterocycles. The van der Waals surface area contributed by atoms with Crippen molar-refractivity contribution in [2.75, 3.05) is 13.1 Å². The smallest absolute Gasteiger partial charge is 0.224 e. The summed E-state index contributed by atoms with van der Waals surface area (Å²) in [6.45, 7) is 9.64. The van der Waals surface area contributed by atoms with Gasteiger partial charge in [-0.25, -0.2) is 0 Å². The van der Waals surface area contributed by atoms with E-state index >= 15 is 0 Å². The third-order valence-corrected chi connectivity index (χ3v) is 3.57. The number of nitrogens with two attached hydrogens (primary N) is 1. The van der Waals surface area contributed by atoms with Crippen LogP contribution in [0.4, 0.5) is 0 Å². The van der Waals surface area contributed by atoms with Gasteiger partial charge in [-0.1, -0.05) is 20.8 Å². The van der Waals surface area contributed by atoms with Gasteiger partial charge < -0.3 is 15.7 Å². The van der Waals surface area contributed by atoms with Crippen LogP contribution in [-0.2, 0) is 4.79 Å². The summed E-state index contributed by atoms with van der Waals surface area (Å²) < 4.78 is 0. The van der Waals surface area contributed by atoms with Crippen molar-refractivity contribution in [3.8, 4) is 0 Å². The van der Waals surface area contributed by atoms with E-state index in [9.17, 15) is 9.90 Å². The standard InChI is InChI=1S/C14H28N2O2/c1-10(17)11-5-6-16(9-11)13(18)7-12(15)8-14(2,3)4/h10-12,17H,5-9,15H2,1-4H3. The van der Waals surface area contributed by atoms with Gasteiger partial charge in [0, 0.05) is 31.5 Å². The van der Waals surface area contributed by atoms with Crippen LogP contribution in [0.5, 0.6) is 0 Å². The molecule has 3 unspecified atom stereocenters. The highest BCUT2D eigenvalue weighted by molar-refractivity contribution is 5.77. The first-order valence-corrected chi connectivity index (χ1v) is 6.90. The molecule has 1 heterocycles. The Hall–Kier alpha value is -0.610. The maximum atomic E-state index is 12.1. The van der Waals surface area contributed by atoms with Crippen molar-refractivity contribution in [1.29, 1.82) is 0 Å². The van der Waals surface area contributed by atoms with Gasteiger partial charge in [0.15, 0.2) is 0 Å². The van der Waals surface area contributed by atoms with E-state index in [4.69, 9.17) is 5.73 Å². The highest BCUT2D eigenvalue weighted by atomic mass is 16.3. The van der Waals surface area contributed by atoms with Crippen LogP contribution in [0.15, 0.2) is 0 Å². The number of amides is 1. The first-order chi connectivity index (χ1) is 8.19. The summed E-state index contributed by atoms with van der Waals surface area (Å²) in [4.78, 5) is 13.9. The lowest BCUT2D eigenvalue weighted by atomic mass is 9.87. The fraction of sp³-hybridized carbons (Fsp3) is 0.929. The molecule has 3 N–H and O–H groups in total. The van der Waals surface area contributed by atoms with E-state index in [2.05, 4.69) is 20.8 Å². The zero-order valence-corrected chi connectivity index (χ0v) is 12.1. The number of nitrogens with zero attached hydrogens (tertiary/aromatic N) is 1. The highest BCUT2D eigenvalue weighted by Gasteiger charge is 2.30. The Bertz CT molecular complexity index is 284. The fourth-order valence-corrected chi connectivity index (χ4v) is 2.62. The molecule has 4 heteroatoms. The van der Waals surface area contributed by atoms with Gasteiger partial charge in [0.2, 0.25) is 5.91 Å². The van der Waals surface area contributed by atoms with E-state index < -0.39 is 0 Å². The maximum Gasteiger partial charge on any atom is 0.224 e. The number of hydrogen-bond donors (Lipinski definition) is 2. The Kier molecular flexibility index (Phi) is 5.17. The van der Waals surface area contributed by atoms with Gasteiger partial charge in [0.1, 0.15) is 0 Å². The molecule has 0 saturated carbocycles. The van der Waals surface area contributed by atoms with Crippen LogP contribution in [0.3, 0.4) is 0 Å². The minimum Gasteiger partial charge on any atom is -0.393 e. The van der Waals surface area contributed by atoms with Gasteiger partial charge >= 0.3 is 0 Å². The summed E-state index contributed by atoms with van der Waals surface area (Å²) in [6, 6.07) is -0.0666. The summed E-state index contributed by atoms with van der Waals surface area (Å²) in [5, 5.41) is 9.52. The number of carbonyl (C=O) groups is 1. The number of likely N-dealkylation sites (tertiary alicyclic amines) is 1. The lowest BCUT2D eigenvalue weighted by Gasteiger charge is -2.25. The first-order valence-electron chi connectivity index (χ1n) is 6.90. The molecule has 0 spiro atoms. The van der Waals surface area contributed by atoms with Gasteiger partial charge in [0.05, 0.1) is 6.10 Å². The Morgan fingerprint density at radius 1 is 1.50 bits per heavy atom. The second-order valence-corrected chi connectivity index (χ2v) is 6.86. The van der Waals surface area contributed by atoms with E-state index in [0.717, 1.165) is 19.4 Å². The Balaban J connectivity index is 2.38. The summed E-state index contributed by atoms with van der Waals surface area (Å²) >= 11 is 0. The predicted molar refractivity (Wildman–Crippen MR) is 73.0 cm³/mol. The molecule has 4 nitrogen and oxygen atoms in total. The molecule has 0 radical (unpaired) electrons. The summed E-state index contributed by atoms with van der Waals surface area (Å²) in [5.41, 5.74) is 6.19. The van der Waals surface area contributed by atoms with Crippen LogP contribution in [0.2, 0.25) is 0 Å². The van der Waals surface area contributed by atoms with Crippen molar-refractivity contribution in [2.45, 2.75) is 59.1 Å². The van der Waals surface area contributed by atoms with Crippen molar-refractivity contribution < 1.29 is 9.90 Å². The number of rotatable bonds is 4. The average molecular weight is 256 g/mol. The molecule has 0 aliphatic carbocycles. The molecule has 3 atom stereocenters. The second kappa shape index (κ2) is 6.02. The van der Waals surface area contributed by atoms with Crippen molar-refractivity contribution in [2.24, 2.45) is 17.1 Å². The predicted octanol–water partition coefficient (Wildman–Crippen LogP) is 1.37. The monoisotopic (exact) mass is 256 g/mol. The van der Waals surface area contributed by atoms with Crippen LogP contribution in [0.1, 0.15) is 47.0 Å². The molecule has 1 aliphatic rings. The topological polar surface area (TPSA) is 66.6 Å². The van der Waals surface area contributed by atoms with Crippen LogP contribution < -0.4 is 5.73 Å².